The van der Waals surface area contributed by atoms with Crippen LogP contribution in [0.25, 0.3) is 6.08 Å². The molecule has 2 aliphatic rings. The van der Waals surface area contributed by atoms with Crippen LogP contribution in [0.5, 0.6) is 5.75 Å². The predicted octanol–water partition coefficient (Wildman–Crippen LogP) is 1.46. The molecule has 2 N–H and O–H groups in total. The van der Waals surface area contributed by atoms with Crippen LogP contribution in [0.3, 0.4) is 0 Å². The van der Waals surface area contributed by atoms with E-state index < -0.39 is 11.4 Å². The van der Waals surface area contributed by atoms with Crippen LogP contribution in [0.2, 0.25) is 0 Å². The van der Waals surface area contributed by atoms with E-state index in [4.69, 9.17) is 9.47 Å². The fourth-order valence-corrected chi connectivity index (χ4v) is 2.84. The van der Waals surface area contributed by atoms with E-state index in [1.165, 1.54) is 0 Å². The van der Waals surface area contributed by atoms with Crippen molar-refractivity contribution in [3.63, 3.8) is 0 Å². The average molecular weight is 317 g/mol. The molecule has 0 atom stereocenters. The molecule has 0 bridgehead atoms. The second kappa shape index (κ2) is 6.42. The Balaban J connectivity index is 1.68. The molecule has 122 valence electrons. The standard InChI is InChI=1S/C17H19NO5/c19-15(13-9-12-3-1-2-4-14(12)23-10-13)18-11-17(16(20)21)5-7-22-8-6-17/h1-4,9H,5-8,10-11H2,(H,18,19)(H,20,21). The molecule has 0 unspecified atom stereocenters. The fraction of sp³-hybridized carbons (Fsp3) is 0.412. The molecule has 0 radical (unpaired) electrons. The molecule has 1 fully saturated rings. The Morgan fingerprint density at radius 2 is 1.96 bits per heavy atom. The second-order valence-electron chi connectivity index (χ2n) is 5.88. The van der Waals surface area contributed by atoms with Gasteiger partial charge in [-0.3, -0.25) is 9.59 Å². The van der Waals surface area contributed by atoms with Gasteiger partial charge in [-0.25, -0.2) is 0 Å². The Morgan fingerprint density at radius 1 is 1.22 bits per heavy atom. The maximum absolute atomic E-state index is 12.3. The third-order valence-corrected chi connectivity index (χ3v) is 4.41. The number of amides is 1. The van der Waals surface area contributed by atoms with Crippen LogP contribution < -0.4 is 10.1 Å². The van der Waals surface area contributed by atoms with Crippen molar-refractivity contribution in [2.75, 3.05) is 26.4 Å². The van der Waals surface area contributed by atoms with Crippen molar-refractivity contribution in [1.82, 2.24) is 5.32 Å². The van der Waals surface area contributed by atoms with E-state index in [-0.39, 0.29) is 19.1 Å². The highest BCUT2D eigenvalue weighted by atomic mass is 16.5. The molecule has 1 amide bonds. The van der Waals surface area contributed by atoms with Gasteiger partial charge in [-0.15, -0.1) is 0 Å². The number of aliphatic carboxylic acids is 1. The van der Waals surface area contributed by atoms with Crippen molar-refractivity contribution >= 4 is 18.0 Å². The number of carbonyl (C=O) groups is 2. The van der Waals surface area contributed by atoms with Crippen molar-refractivity contribution in [2.45, 2.75) is 12.8 Å². The Kier molecular flexibility index (Phi) is 4.34. The zero-order chi connectivity index (χ0) is 16.3. The highest BCUT2D eigenvalue weighted by Crippen LogP contribution is 2.30. The number of carbonyl (C=O) groups excluding carboxylic acids is 1. The van der Waals surface area contributed by atoms with Gasteiger partial charge in [0.15, 0.2) is 0 Å². The Labute approximate surface area is 134 Å². The third kappa shape index (κ3) is 3.22. The second-order valence-corrected chi connectivity index (χ2v) is 5.88. The minimum absolute atomic E-state index is 0.101. The summed E-state index contributed by atoms with van der Waals surface area (Å²) in [6, 6.07) is 7.47. The van der Waals surface area contributed by atoms with Gasteiger partial charge in [0, 0.05) is 25.3 Å². The van der Waals surface area contributed by atoms with E-state index in [0.29, 0.717) is 31.6 Å². The Hall–Kier alpha value is -2.34. The van der Waals surface area contributed by atoms with Crippen LogP contribution in [-0.4, -0.2) is 43.3 Å². The summed E-state index contributed by atoms with van der Waals surface area (Å²) in [5.74, 6) is -0.428. The number of ether oxygens (including phenoxy) is 2. The number of hydrogen-bond donors (Lipinski definition) is 2. The number of hydrogen-bond acceptors (Lipinski definition) is 4. The van der Waals surface area contributed by atoms with Crippen molar-refractivity contribution in [2.24, 2.45) is 5.41 Å². The number of benzene rings is 1. The smallest absolute Gasteiger partial charge is 0.311 e. The molecule has 1 saturated heterocycles. The topological polar surface area (TPSA) is 84.9 Å². The number of para-hydroxylation sites is 1. The first kappa shape index (κ1) is 15.6. The summed E-state index contributed by atoms with van der Waals surface area (Å²) in [6.45, 7) is 1.10. The molecule has 2 heterocycles. The van der Waals surface area contributed by atoms with Crippen molar-refractivity contribution in [3.8, 4) is 5.75 Å². The summed E-state index contributed by atoms with van der Waals surface area (Å²) >= 11 is 0. The first-order chi connectivity index (χ1) is 11.1. The van der Waals surface area contributed by atoms with Gasteiger partial charge in [-0.05, 0) is 25.0 Å². The summed E-state index contributed by atoms with van der Waals surface area (Å²) in [6.07, 6.45) is 2.59. The van der Waals surface area contributed by atoms with Crippen molar-refractivity contribution < 1.29 is 24.2 Å². The lowest BCUT2D eigenvalue weighted by Gasteiger charge is -2.33. The summed E-state index contributed by atoms with van der Waals surface area (Å²) < 4.78 is 10.8. The first-order valence-corrected chi connectivity index (χ1v) is 7.62. The van der Waals surface area contributed by atoms with E-state index in [2.05, 4.69) is 5.32 Å². The maximum atomic E-state index is 12.3. The van der Waals surface area contributed by atoms with Gasteiger partial charge in [0.1, 0.15) is 12.4 Å². The third-order valence-electron chi connectivity index (χ3n) is 4.41. The van der Waals surface area contributed by atoms with Gasteiger partial charge in [-0.1, -0.05) is 18.2 Å². The molecule has 0 saturated carbocycles. The molecular formula is C17H19NO5. The van der Waals surface area contributed by atoms with E-state index in [0.717, 1.165) is 11.3 Å². The van der Waals surface area contributed by atoms with Crippen LogP contribution in [-0.2, 0) is 14.3 Å². The van der Waals surface area contributed by atoms with Gasteiger partial charge in [0.05, 0.1) is 11.0 Å². The van der Waals surface area contributed by atoms with Crippen LogP contribution in [0.4, 0.5) is 0 Å². The van der Waals surface area contributed by atoms with E-state index in [1.54, 1.807) is 6.08 Å². The molecule has 2 aliphatic heterocycles. The van der Waals surface area contributed by atoms with E-state index >= 15 is 0 Å². The first-order valence-electron chi connectivity index (χ1n) is 7.62. The quantitative estimate of drug-likeness (QED) is 0.878. The SMILES string of the molecule is O=C(NCC1(C(=O)O)CCOCC1)C1=Cc2ccccc2OC1. The number of fused-ring (bicyclic) bond motifs is 1. The summed E-state index contributed by atoms with van der Waals surface area (Å²) in [7, 11) is 0. The van der Waals surface area contributed by atoms with Crippen LogP contribution in [0.15, 0.2) is 29.8 Å². The Bertz CT molecular complexity index is 646. The monoisotopic (exact) mass is 317 g/mol. The van der Waals surface area contributed by atoms with Gasteiger partial charge in [0.25, 0.3) is 5.91 Å². The van der Waals surface area contributed by atoms with Crippen LogP contribution >= 0.6 is 0 Å². The molecule has 0 aromatic heterocycles. The fourth-order valence-electron chi connectivity index (χ4n) is 2.84. The zero-order valence-corrected chi connectivity index (χ0v) is 12.7. The summed E-state index contributed by atoms with van der Waals surface area (Å²) in [5.41, 5.74) is 0.404. The molecule has 0 spiro atoms. The molecular weight excluding hydrogens is 298 g/mol. The molecule has 1 aromatic rings. The zero-order valence-electron chi connectivity index (χ0n) is 12.7. The normalized spacial score (nSPS) is 19.0. The number of nitrogens with one attached hydrogen (secondary N) is 1. The average Bonchev–Trinajstić information content (AvgIpc) is 2.60. The predicted molar refractivity (Wildman–Crippen MR) is 83.0 cm³/mol. The van der Waals surface area contributed by atoms with Gasteiger partial charge >= 0.3 is 5.97 Å². The minimum atomic E-state index is -0.943. The van der Waals surface area contributed by atoms with E-state index in [9.17, 15) is 14.7 Å². The molecule has 1 aromatic carbocycles. The molecule has 6 nitrogen and oxygen atoms in total. The Morgan fingerprint density at radius 3 is 2.70 bits per heavy atom. The summed E-state index contributed by atoms with van der Waals surface area (Å²) in [4.78, 5) is 23.9. The summed E-state index contributed by atoms with van der Waals surface area (Å²) in [5, 5.41) is 12.2. The number of carboxylic acid groups (broad SMARTS) is 1. The van der Waals surface area contributed by atoms with Gasteiger partial charge in [-0.2, -0.15) is 0 Å². The lowest BCUT2D eigenvalue weighted by atomic mass is 9.80. The number of rotatable bonds is 4. The van der Waals surface area contributed by atoms with Crippen molar-refractivity contribution in [3.05, 3.63) is 35.4 Å². The highest BCUT2D eigenvalue weighted by Gasteiger charge is 2.40. The van der Waals surface area contributed by atoms with Crippen LogP contribution in [0.1, 0.15) is 18.4 Å². The van der Waals surface area contributed by atoms with Gasteiger partial charge < -0.3 is 19.9 Å². The highest BCUT2D eigenvalue weighted by molar-refractivity contribution is 5.99. The lowest BCUT2D eigenvalue weighted by Crippen LogP contribution is -2.47. The van der Waals surface area contributed by atoms with Crippen LogP contribution in [0, 0.1) is 5.41 Å². The molecule has 6 heteroatoms. The van der Waals surface area contributed by atoms with Gasteiger partial charge in [0.2, 0.25) is 0 Å². The maximum Gasteiger partial charge on any atom is 0.311 e. The molecule has 3 rings (SSSR count). The minimum Gasteiger partial charge on any atom is -0.488 e. The lowest BCUT2D eigenvalue weighted by molar-refractivity contribution is -0.154. The largest absolute Gasteiger partial charge is 0.488 e. The van der Waals surface area contributed by atoms with E-state index in [1.807, 2.05) is 24.3 Å². The van der Waals surface area contributed by atoms with Crippen molar-refractivity contribution in [1.29, 1.82) is 0 Å². The molecule has 0 aliphatic carbocycles. The molecule has 23 heavy (non-hydrogen) atoms. The number of carboxylic acids is 1.